The highest BCUT2D eigenvalue weighted by atomic mass is 19.4. The Morgan fingerprint density at radius 3 is 2.28 bits per heavy atom. The number of hydrogen-bond acceptors (Lipinski definition) is 5. The van der Waals surface area contributed by atoms with Gasteiger partial charge in [-0.1, -0.05) is 12.1 Å². The minimum atomic E-state index is -4.50. The molecular weight excluding hydrogens is 390 g/mol. The second-order valence-corrected chi connectivity index (χ2v) is 6.13. The molecule has 150 valence electrons. The third-order valence-electron chi connectivity index (χ3n) is 4.28. The monoisotopic (exact) mass is 405 g/mol. The fourth-order valence-electron chi connectivity index (χ4n) is 2.80. The summed E-state index contributed by atoms with van der Waals surface area (Å²) in [4.78, 5) is 24.4. The highest BCUT2D eigenvalue weighted by molar-refractivity contribution is 5.96. The second-order valence-electron chi connectivity index (χ2n) is 6.13. The van der Waals surface area contributed by atoms with E-state index in [2.05, 4.69) is 15.0 Å². The van der Waals surface area contributed by atoms with E-state index in [1.54, 1.807) is 0 Å². The molecule has 1 aromatic carbocycles. The molecule has 0 spiro atoms. The third kappa shape index (κ3) is 4.74. The van der Waals surface area contributed by atoms with Gasteiger partial charge in [0.1, 0.15) is 5.82 Å². The molecule has 9 heteroatoms. The minimum absolute atomic E-state index is 0.0324. The summed E-state index contributed by atoms with van der Waals surface area (Å²) in [6.07, 6.45) is -0.828. The minimum Gasteiger partial charge on any atom is -0.467 e. The topological polar surface area (TPSA) is 65.0 Å². The lowest BCUT2D eigenvalue weighted by atomic mass is 9.88. The zero-order valence-corrected chi connectivity index (χ0v) is 15.2. The summed E-state index contributed by atoms with van der Waals surface area (Å²) in [5, 5.41) is 0. The van der Waals surface area contributed by atoms with Gasteiger partial charge in [0.2, 0.25) is 0 Å². The molecule has 2 heterocycles. The molecule has 3 rings (SSSR count). The molecule has 1 atom stereocenters. The predicted octanol–water partition coefficient (Wildman–Crippen LogP) is 4.44. The molecule has 0 aliphatic heterocycles. The van der Waals surface area contributed by atoms with Gasteiger partial charge in [-0.25, -0.2) is 14.4 Å². The van der Waals surface area contributed by atoms with Gasteiger partial charge in [-0.2, -0.15) is 13.2 Å². The van der Waals surface area contributed by atoms with Crippen molar-refractivity contribution < 1.29 is 27.1 Å². The van der Waals surface area contributed by atoms with Gasteiger partial charge in [-0.3, -0.25) is 9.78 Å². The number of methoxy groups -OCH3 is 1. The molecule has 0 amide bonds. The molecule has 5 nitrogen and oxygen atoms in total. The second kappa shape index (κ2) is 8.34. The van der Waals surface area contributed by atoms with Gasteiger partial charge in [0.25, 0.3) is 0 Å². The maximum absolute atomic E-state index is 14.4. The highest BCUT2D eigenvalue weighted by Crippen LogP contribution is 2.33. The van der Waals surface area contributed by atoms with E-state index in [1.807, 2.05) is 0 Å². The van der Waals surface area contributed by atoms with Crippen LogP contribution in [0.25, 0.3) is 0 Å². The van der Waals surface area contributed by atoms with Gasteiger partial charge in [0.15, 0.2) is 5.78 Å². The number of hydrogen-bond donors (Lipinski definition) is 0. The van der Waals surface area contributed by atoms with Crippen LogP contribution in [0.15, 0.2) is 55.0 Å². The van der Waals surface area contributed by atoms with Crippen molar-refractivity contribution >= 4 is 5.78 Å². The lowest BCUT2D eigenvalue weighted by Crippen LogP contribution is -2.13. The quantitative estimate of drug-likeness (QED) is 0.448. The van der Waals surface area contributed by atoms with Gasteiger partial charge in [0, 0.05) is 30.9 Å². The Bertz CT molecular complexity index is 990. The number of benzene rings is 1. The summed E-state index contributed by atoms with van der Waals surface area (Å²) in [7, 11) is 1.38. The first-order valence-corrected chi connectivity index (χ1v) is 8.46. The molecule has 0 fully saturated rings. The average molecular weight is 405 g/mol. The Kier molecular flexibility index (Phi) is 5.86. The Balaban J connectivity index is 1.95. The molecule has 0 unspecified atom stereocenters. The number of pyridine rings is 1. The lowest BCUT2D eigenvalue weighted by Gasteiger charge is -2.18. The standard InChI is InChI=1S/C20H15F4N3O2/c1-29-19-26-10-13(11-27-19)17(28)9-15(18-16(21)3-2-8-25-18)12-4-6-14(7-5-12)20(22,23)24/h2-8,10-11,15H,9H2,1H3/t15-/m0/s1. The van der Waals surface area contributed by atoms with Crippen LogP contribution in [0.5, 0.6) is 6.01 Å². The maximum atomic E-state index is 14.4. The van der Waals surface area contributed by atoms with Crippen molar-refractivity contribution in [2.24, 2.45) is 0 Å². The van der Waals surface area contributed by atoms with E-state index in [9.17, 15) is 22.4 Å². The molecule has 0 bridgehead atoms. The van der Waals surface area contributed by atoms with Crippen molar-refractivity contribution in [3.63, 3.8) is 0 Å². The molecule has 0 saturated heterocycles. The number of aromatic nitrogens is 3. The number of nitrogens with zero attached hydrogens (tertiary/aromatic N) is 3. The zero-order chi connectivity index (χ0) is 21.0. The molecule has 29 heavy (non-hydrogen) atoms. The average Bonchev–Trinajstić information content (AvgIpc) is 2.72. The van der Waals surface area contributed by atoms with Crippen molar-refractivity contribution in [3.05, 3.63) is 83.2 Å². The van der Waals surface area contributed by atoms with Gasteiger partial charge in [-0.05, 0) is 29.8 Å². The molecule has 3 aromatic rings. The first-order valence-electron chi connectivity index (χ1n) is 8.46. The fourth-order valence-corrected chi connectivity index (χ4v) is 2.80. The summed E-state index contributed by atoms with van der Waals surface area (Å²) in [5.41, 5.74) is -0.371. The summed E-state index contributed by atoms with van der Waals surface area (Å²) in [6.45, 7) is 0. The number of ether oxygens (including phenoxy) is 1. The van der Waals surface area contributed by atoms with Crippen LogP contribution in [-0.4, -0.2) is 27.8 Å². The number of carbonyl (C=O) groups excluding carboxylic acids is 1. The van der Waals surface area contributed by atoms with E-state index in [1.165, 1.54) is 50.0 Å². The number of alkyl halides is 3. The Morgan fingerprint density at radius 2 is 1.72 bits per heavy atom. The first kappa shape index (κ1) is 20.4. The Hall–Kier alpha value is -3.36. The van der Waals surface area contributed by atoms with Gasteiger partial charge in [-0.15, -0.1) is 0 Å². The summed E-state index contributed by atoms with van der Waals surface area (Å²) < 4.78 is 57.7. The summed E-state index contributed by atoms with van der Waals surface area (Å²) in [6, 6.07) is 6.88. The van der Waals surface area contributed by atoms with Crippen molar-refractivity contribution in [1.29, 1.82) is 0 Å². The van der Waals surface area contributed by atoms with E-state index < -0.39 is 29.3 Å². The van der Waals surface area contributed by atoms with E-state index in [0.29, 0.717) is 5.56 Å². The predicted molar refractivity (Wildman–Crippen MR) is 95.0 cm³/mol. The molecule has 0 N–H and O–H groups in total. The van der Waals surface area contributed by atoms with E-state index in [0.717, 1.165) is 12.1 Å². The van der Waals surface area contributed by atoms with Gasteiger partial charge in [0.05, 0.1) is 23.9 Å². The Morgan fingerprint density at radius 1 is 1.07 bits per heavy atom. The normalized spacial score (nSPS) is 12.4. The van der Waals surface area contributed by atoms with E-state index in [-0.39, 0.29) is 23.7 Å². The van der Waals surface area contributed by atoms with Crippen LogP contribution in [-0.2, 0) is 6.18 Å². The summed E-state index contributed by atoms with van der Waals surface area (Å²) in [5.74, 6) is -1.95. The molecule has 2 aromatic heterocycles. The van der Waals surface area contributed by atoms with Crippen LogP contribution in [0.4, 0.5) is 17.6 Å². The molecule has 0 saturated carbocycles. The van der Waals surface area contributed by atoms with Crippen LogP contribution >= 0.6 is 0 Å². The molecule has 0 radical (unpaired) electrons. The lowest BCUT2D eigenvalue weighted by molar-refractivity contribution is -0.137. The van der Waals surface area contributed by atoms with Crippen LogP contribution in [0, 0.1) is 5.82 Å². The van der Waals surface area contributed by atoms with Crippen LogP contribution in [0.3, 0.4) is 0 Å². The SMILES string of the molecule is COc1ncc(C(=O)C[C@@H](c2ccc(C(F)(F)F)cc2)c2ncccc2F)cn1. The van der Waals surface area contributed by atoms with E-state index >= 15 is 0 Å². The molecule has 0 aliphatic rings. The maximum Gasteiger partial charge on any atom is 0.416 e. The number of Topliss-reactive ketones (excluding diaryl/α,β-unsaturated/α-hetero) is 1. The van der Waals surface area contributed by atoms with E-state index in [4.69, 9.17) is 4.74 Å². The Labute approximate surface area is 163 Å². The van der Waals surface area contributed by atoms with Gasteiger partial charge >= 0.3 is 12.2 Å². The van der Waals surface area contributed by atoms with Crippen LogP contribution < -0.4 is 4.74 Å². The number of ketones is 1. The molecular formula is C20H15F4N3O2. The van der Waals surface area contributed by atoms with Gasteiger partial charge < -0.3 is 4.74 Å². The fraction of sp³-hybridized carbons (Fsp3) is 0.200. The highest BCUT2D eigenvalue weighted by Gasteiger charge is 2.31. The number of carbonyl (C=O) groups is 1. The number of rotatable bonds is 6. The van der Waals surface area contributed by atoms with Crippen molar-refractivity contribution in [2.45, 2.75) is 18.5 Å². The molecule has 0 aliphatic carbocycles. The van der Waals surface area contributed by atoms with Crippen LogP contribution in [0.2, 0.25) is 0 Å². The summed E-state index contributed by atoms with van der Waals surface area (Å²) >= 11 is 0. The van der Waals surface area contributed by atoms with Crippen molar-refractivity contribution in [1.82, 2.24) is 15.0 Å². The first-order chi connectivity index (χ1) is 13.8. The van der Waals surface area contributed by atoms with Crippen LogP contribution in [0.1, 0.15) is 39.5 Å². The van der Waals surface area contributed by atoms with Crippen molar-refractivity contribution in [3.8, 4) is 6.01 Å². The zero-order valence-electron chi connectivity index (χ0n) is 15.2. The largest absolute Gasteiger partial charge is 0.467 e. The number of halogens is 4. The third-order valence-corrected chi connectivity index (χ3v) is 4.28. The smallest absolute Gasteiger partial charge is 0.416 e. The van der Waals surface area contributed by atoms with Crippen molar-refractivity contribution in [2.75, 3.05) is 7.11 Å².